The number of para-hydroxylation sites is 1. The number of amides is 1. The second-order valence-electron chi connectivity index (χ2n) is 4.86. The summed E-state index contributed by atoms with van der Waals surface area (Å²) in [5.41, 5.74) is 0.443. The number of rotatable bonds is 2. The Labute approximate surface area is 126 Å². The molecule has 0 radical (unpaired) electrons. The Kier molecular flexibility index (Phi) is 3.85. The van der Waals surface area contributed by atoms with Gasteiger partial charge in [-0.25, -0.2) is 0 Å². The van der Waals surface area contributed by atoms with Crippen molar-refractivity contribution in [3.05, 3.63) is 39.4 Å². The molecule has 1 aliphatic heterocycles. The predicted molar refractivity (Wildman–Crippen MR) is 80.8 cm³/mol. The van der Waals surface area contributed by atoms with Gasteiger partial charge in [0.1, 0.15) is 6.54 Å². The van der Waals surface area contributed by atoms with Crippen LogP contribution in [0, 0.1) is 4.77 Å². The first-order valence-electron chi connectivity index (χ1n) is 6.74. The molecule has 1 aromatic carbocycles. The number of aromatic nitrogens is 2. The molecule has 3 rings (SSSR count). The average Bonchev–Trinajstić information content (AvgIpc) is 2.52. The predicted octanol–water partition coefficient (Wildman–Crippen LogP) is 0.918. The number of carbonyl (C=O) groups excluding carboxylic acids is 1. The molecule has 21 heavy (non-hydrogen) atoms. The van der Waals surface area contributed by atoms with Gasteiger partial charge in [0.2, 0.25) is 5.91 Å². The standard InChI is InChI=1S/C14H15N3O3S/c18-12(16-5-7-20-8-6-16)9-17-13(19)10-3-1-2-4-11(10)15-14(17)21/h1-4H,5-9H2,(H,15,21). The molecule has 6 nitrogen and oxygen atoms in total. The molecule has 1 fully saturated rings. The number of nitrogens with one attached hydrogen (secondary N) is 1. The Morgan fingerprint density at radius 2 is 2.00 bits per heavy atom. The van der Waals surface area contributed by atoms with E-state index in [1.165, 1.54) is 4.57 Å². The van der Waals surface area contributed by atoms with Crippen LogP contribution in [0.25, 0.3) is 10.9 Å². The summed E-state index contributed by atoms with van der Waals surface area (Å²) < 4.78 is 6.80. The van der Waals surface area contributed by atoms with Crippen LogP contribution in [-0.2, 0) is 16.1 Å². The summed E-state index contributed by atoms with van der Waals surface area (Å²) >= 11 is 5.20. The number of fused-ring (bicyclic) bond motifs is 1. The lowest BCUT2D eigenvalue weighted by Gasteiger charge is -2.27. The Bertz CT molecular complexity index is 790. The first-order valence-corrected chi connectivity index (χ1v) is 7.15. The van der Waals surface area contributed by atoms with Crippen LogP contribution < -0.4 is 5.56 Å². The maximum atomic E-state index is 12.4. The van der Waals surface area contributed by atoms with Crippen molar-refractivity contribution in [2.75, 3.05) is 26.3 Å². The summed E-state index contributed by atoms with van der Waals surface area (Å²) in [6.45, 7) is 2.13. The van der Waals surface area contributed by atoms with Crippen LogP contribution in [-0.4, -0.2) is 46.7 Å². The average molecular weight is 305 g/mol. The number of hydrogen-bond donors (Lipinski definition) is 1. The second-order valence-corrected chi connectivity index (χ2v) is 5.25. The molecule has 1 aromatic heterocycles. The van der Waals surface area contributed by atoms with Crippen molar-refractivity contribution in [1.82, 2.24) is 14.5 Å². The first-order chi connectivity index (χ1) is 10.2. The van der Waals surface area contributed by atoms with Gasteiger partial charge in [-0.2, -0.15) is 0 Å². The quantitative estimate of drug-likeness (QED) is 0.838. The van der Waals surface area contributed by atoms with Gasteiger partial charge in [-0.05, 0) is 24.4 Å². The minimum Gasteiger partial charge on any atom is -0.378 e. The molecule has 110 valence electrons. The lowest BCUT2D eigenvalue weighted by atomic mass is 10.2. The van der Waals surface area contributed by atoms with Crippen molar-refractivity contribution < 1.29 is 9.53 Å². The molecule has 0 aliphatic carbocycles. The van der Waals surface area contributed by atoms with E-state index in [4.69, 9.17) is 17.0 Å². The molecular formula is C14H15N3O3S. The van der Waals surface area contributed by atoms with Crippen molar-refractivity contribution in [2.45, 2.75) is 6.54 Å². The van der Waals surface area contributed by atoms with E-state index in [1.807, 2.05) is 6.07 Å². The minimum atomic E-state index is -0.240. The van der Waals surface area contributed by atoms with E-state index in [0.717, 1.165) is 0 Å². The van der Waals surface area contributed by atoms with Crippen LogP contribution in [0.3, 0.4) is 0 Å². The van der Waals surface area contributed by atoms with E-state index >= 15 is 0 Å². The molecule has 0 bridgehead atoms. The largest absolute Gasteiger partial charge is 0.378 e. The van der Waals surface area contributed by atoms with Gasteiger partial charge in [-0.15, -0.1) is 0 Å². The normalized spacial score (nSPS) is 15.3. The second kappa shape index (κ2) is 5.79. The van der Waals surface area contributed by atoms with Crippen molar-refractivity contribution in [3.8, 4) is 0 Å². The van der Waals surface area contributed by atoms with Crippen molar-refractivity contribution in [1.29, 1.82) is 0 Å². The van der Waals surface area contributed by atoms with E-state index in [9.17, 15) is 9.59 Å². The summed E-state index contributed by atoms with van der Waals surface area (Å²) in [6.07, 6.45) is 0. The van der Waals surface area contributed by atoms with Gasteiger partial charge < -0.3 is 14.6 Å². The number of H-pyrrole nitrogens is 1. The highest BCUT2D eigenvalue weighted by Gasteiger charge is 2.18. The molecule has 2 heterocycles. The van der Waals surface area contributed by atoms with E-state index in [1.54, 1.807) is 23.1 Å². The van der Waals surface area contributed by atoms with E-state index in [0.29, 0.717) is 37.2 Å². The third kappa shape index (κ3) is 2.74. The molecular weight excluding hydrogens is 290 g/mol. The minimum absolute atomic E-state index is 0.0427. The van der Waals surface area contributed by atoms with Gasteiger partial charge in [-0.3, -0.25) is 14.2 Å². The summed E-state index contributed by atoms with van der Waals surface area (Å²) in [4.78, 5) is 29.4. The molecule has 0 unspecified atom stereocenters. The third-order valence-electron chi connectivity index (χ3n) is 3.55. The number of aromatic amines is 1. The van der Waals surface area contributed by atoms with Crippen LogP contribution in [0.15, 0.2) is 29.1 Å². The van der Waals surface area contributed by atoms with Gasteiger partial charge in [0, 0.05) is 13.1 Å². The fourth-order valence-electron chi connectivity index (χ4n) is 2.39. The molecule has 0 saturated carbocycles. The van der Waals surface area contributed by atoms with Gasteiger partial charge in [0.05, 0.1) is 24.1 Å². The van der Waals surface area contributed by atoms with Crippen LogP contribution in [0.4, 0.5) is 0 Å². The molecule has 1 N–H and O–H groups in total. The summed E-state index contributed by atoms with van der Waals surface area (Å²) in [5, 5.41) is 0.529. The number of nitrogens with zero attached hydrogens (tertiary/aromatic N) is 2. The monoisotopic (exact) mass is 305 g/mol. The number of carbonyl (C=O) groups is 1. The van der Waals surface area contributed by atoms with E-state index < -0.39 is 0 Å². The van der Waals surface area contributed by atoms with Crippen LogP contribution in [0.2, 0.25) is 0 Å². The zero-order chi connectivity index (χ0) is 14.8. The highest BCUT2D eigenvalue weighted by Crippen LogP contribution is 2.06. The van der Waals surface area contributed by atoms with Crippen LogP contribution in [0.1, 0.15) is 0 Å². The molecule has 7 heteroatoms. The van der Waals surface area contributed by atoms with Crippen molar-refractivity contribution in [2.24, 2.45) is 0 Å². The van der Waals surface area contributed by atoms with Gasteiger partial charge >= 0.3 is 0 Å². The Hall–Kier alpha value is -1.99. The smallest absolute Gasteiger partial charge is 0.262 e. The zero-order valence-electron chi connectivity index (χ0n) is 11.4. The van der Waals surface area contributed by atoms with Crippen LogP contribution >= 0.6 is 12.2 Å². The zero-order valence-corrected chi connectivity index (χ0v) is 12.2. The van der Waals surface area contributed by atoms with Gasteiger partial charge in [0.15, 0.2) is 4.77 Å². The Balaban J connectivity index is 1.95. The molecule has 1 saturated heterocycles. The maximum Gasteiger partial charge on any atom is 0.262 e. The van der Waals surface area contributed by atoms with E-state index in [-0.39, 0.29) is 22.8 Å². The van der Waals surface area contributed by atoms with Crippen LogP contribution in [0.5, 0.6) is 0 Å². The number of benzene rings is 1. The lowest BCUT2D eigenvalue weighted by Crippen LogP contribution is -2.43. The number of hydrogen-bond acceptors (Lipinski definition) is 4. The van der Waals surface area contributed by atoms with Gasteiger partial charge in [-0.1, -0.05) is 12.1 Å². The van der Waals surface area contributed by atoms with Crippen molar-refractivity contribution >= 4 is 29.0 Å². The lowest BCUT2D eigenvalue weighted by molar-refractivity contribution is -0.135. The van der Waals surface area contributed by atoms with Crippen molar-refractivity contribution in [3.63, 3.8) is 0 Å². The fourth-order valence-corrected chi connectivity index (χ4v) is 2.65. The topological polar surface area (TPSA) is 67.3 Å². The maximum absolute atomic E-state index is 12.4. The van der Waals surface area contributed by atoms with Gasteiger partial charge in [0.25, 0.3) is 5.56 Å². The highest BCUT2D eigenvalue weighted by molar-refractivity contribution is 7.71. The number of ether oxygens (including phenoxy) is 1. The first kappa shape index (κ1) is 14.0. The molecule has 0 atom stereocenters. The summed E-state index contributed by atoms with van der Waals surface area (Å²) in [7, 11) is 0. The molecule has 1 aliphatic rings. The third-order valence-corrected chi connectivity index (χ3v) is 3.87. The Morgan fingerprint density at radius 3 is 2.76 bits per heavy atom. The molecule has 0 spiro atoms. The summed E-state index contributed by atoms with van der Waals surface area (Å²) in [5.74, 6) is -0.116. The number of morpholine rings is 1. The molecule has 2 aromatic rings. The SMILES string of the molecule is O=C(Cn1c(=S)[nH]c2ccccc2c1=O)N1CCOCC1. The molecule has 1 amide bonds. The fraction of sp³-hybridized carbons (Fsp3) is 0.357. The Morgan fingerprint density at radius 1 is 1.29 bits per heavy atom. The van der Waals surface area contributed by atoms with E-state index in [2.05, 4.69) is 4.98 Å². The highest BCUT2D eigenvalue weighted by atomic mass is 32.1. The summed E-state index contributed by atoms with van der Waals surface area (Å²) in [6, 6.07) is 7.13.